The van der Waals surface area contributed by atoms with E-state index in [1.165, 1.54) is 0 Å². The van der Waals surface area contributed by atoms with Gasteiger partial charge in [-0.1, -0.05) is 0 Å². The second kappa shape index (κ2) is 5.68. The van der Waals surface area contributed by atoms with Crippen molar-refractivity contribution in [3.05, 3.63) is 0 Å². The molecule has 0 aromatic heterocycles. The minimum atomic E-state index is -1.30. The Balaban J connectivity index is 1.36. The van der Waals surface area contributed by atoms with Crippen molar-refractivity contribution in [2.45, 2.75) is 65.3 Å². The molecule has 3 heterocycles. The molecule has 8 nitrogen and oxygen atoms in total. The normalized spacial score (nSPS) is 44.4. The first-order valence-corrected chi connectivity index (χ1v) is 13.5. The van der Waals surface area contributed by atoms with E-state index in [-0.39, 0.29) is 33.4 Å². The van der Waals surface area contributed by atoms with E-state index in [0.717, 1.165) is 0 Å². The van der Waals surface area contributed by atoms with Gasteiger partial charge in [0, 0.05) is 0 Å². The molecule has 5 fully saturated rings. The van der Waals surface area contributed by atoms with Crippen molar-refractivity contribution in [1.29, 1.82) is 0 Å². The van der Waals surface area contributed by atoms with Gasteiger partial charge in [0.2, 0.25) is 0 Å². The van der Waals surface area contributed by atoms with Crippen LogP contribution in [0.3, 0.4) is 0 Å². The molecular formula is C17H24I2N2O6. The predicted octanol–water partition coefficient (Wildman–Crippen LogP) is 1.23. The number of nitrogens with one attached hydrogen (secondary N) is 2. The molecule has 0 radical (unpaired) electrons. The fourth-order valence-corrected chi connectivity index (χ4v) is 12.7. The van der Waals surface area contributed by atoms with Gasteiger partial charge in [0.15, 0.2) is 0 Å². The van der Waals surface area contributed by atoms with Crippen molar-refractivity contribution < 1.29 is 28.9 Å². The summed E-state index contributed by atoms with van der Waals surface area (Å²) in [4.78, 5) is 25.4. The van der Waals surface area contributed by atoms with Crippen LogP contribution in [0.4, 0.5) is 0 Å². The number of fused-ring (bicyclic) bond motifs is 2. The van der Waals surface area contributed by atoms with E-state index < -0.39 is 53.8 Å². The summed E-state index contributed by atoms with van der Waals surface area (Å²) in [6, 6.07) is 0. The maximum absolute atomic E-state index is 13.0. The molecule has 0 aromatic carbocycles. The van der Waals surface area contributed by atoms with Crippen LogP contribution in [-0.4, -0.2) is 48.2 Å². The molecule has 5 rings (SSSR count). The van der Waals surface area contributed by atoms with Crippen molar-refractivity contribution in [2.24, 2.45) is 23.7 Å². The molecule has 0 spiro atoms. The average Bonchev–Trinajstić information content (AvgIpc) is 3.28. The van der Waals surface area contributed by atoms with Crippen molar-refractivity contribution >= 4 is 54.9 Å². The van der Waals surface area contributed by atoms with Crippen molar-refractivity contribution in [3.63, 3.8) is 0 Å². The standard InChI is InChI=1S/C17H24I2N2O6/c1-15(2,3)27-13(23)9-7-5-6-8(9)12(22)25-10(6)11(7)26-14(24)16(4,18)17-19(20-17)21-17/h6-11,13,20-21,23H,5H2,1-4H3. The number of halogens is 2. The van der Waals surface area contributed by atoms with E-state index in [9.17, 15) is 14.7 Å². The Kier molecular flexibility index (Phi) is 4.04. The van der Waals surface area contributed by atoms with Crippen molar-refractivity contribution in [1.82, 2.24) is 7.06 Å². The third-order valence-electron chi connectivity index (χ3n) is 6.35. The molecule has 3 saturated heterocycles. The van der Waals surface area contributed by atoms with Gasteiger partial charge in [-0.2, -0.15) is 0 Å². The Morgan fingerprint density at radius 3 is 2.56 bits per heavy atom. The second-order valence-corrected chi connectivity index (χ2v) is 15.7. The summed E-state index contributed by atoms with van der Waals surface area (Å²) in [5.74, 6) is -1.50. The molecule has 5 aliphatic rings. The molecule has 3 N–H and O–H groups in total. The summed E-state index contributed by atoms with van der Waals surface area (Å²) in [5, 5.41) is 10.7. The number of ether oxygens (including phenoxy) is 3. The molecule has 0 amide bonds. The number of esters is 2. The number of hydrogen-bond donors (Lipinski definition) is 3. The van der Waals surface area contributed by atoms with Gasteiger partial charge in [0.1, 0.15) is 0 Å². The van der Waals surface area contributed by atoms with Crippen LogP contribution in [0.25, 0.3) is 0 Å². The van der Waals surface area contributed by atoms with Crippen LogP contribution in [0.2, 0.25) is 0 Å². The van der Waals surface area contributed by atoms with Gasteiger partial charge in [-0.3, -0.25) is 0 Å². The number of carbonyl (C=O) groups is 2. The molecular weight excluding hydrogens is 582 g/mol. The number of hydrogen-bond acceptors (Lipinski definition) is 8. The zero-order chi connectivity index (χ0) is 19.5. The van der Waals surface area contributed by atoms with E-state index in [2.05, 4.69) is 29.7 Å². The summed E-state index contributed by atoms with van der Waals surface area (Å²) in [7, 11) is 0. The molecule has 8 atom stereocenters. The quantitative estimate of drug-likeness (QED) is 0.0813. The molecule has 2 saturated carbocycles. The van der Waals surface area contributed by atoms with Crippen LogP contribution in [0.1, 0.15) is 34.1 Å². The summed E-state index contributed by atoms with van der Waals surface area (Å²) in [5.41, 5.74) is -0.537. The molecule has 2 bridgehead atoms. The van der Waals surface area contributed by atoms with Crippen LogP contribution >= 0.6 is 43.0 Å². The average molecular weight is 606 g/mol. The maximum atomic E-state index is 13.0. The van der Waals surface area contributed by atoms with Gasteiger partial charge in [-0.25, -0.2) is 0 Å². The number of aliphatic hydroxyl groups is 1. The molecule has 3 aliphatic heterocycles. The summed E-state index contributed by atoms with van der Waals surface area (Å²) in [6.45, 7) is 7.48. The SMILES string of the molecule is CC(C)(C)OC(O)C1C2CC3C(OC(=O)C31)C2OC(=O)C(C)(I)C12NI1N2. The zero-order valence-corrected chi connectivity index (χ0v) is 19.8. The molecule has 8 unspecified atom stereocenters. The summed E-state index contributed by atoms with van der Waals surface area (Å²) in [6.07, 6.45) is -1.28. The van der Waals surface area contributed by atoms with Gasteiger partial charge < -0.3 is 0 Å². The third-order valence-corrected chi connectivity index (χ3v) is 13.5. The fourth-order valence-electron chi connectivity index (χ4n) is 4.99. The van der Waals surface area contributed by atoms with E-state index in [1.807, 2.05) is 27.7 Å². The zero-order valence-electron chi connectivity index (χ0n) is 15.5. The van der Waals surface area contributed by atoms with Gasteiger partial charge in [0.05, 0.1) is 0 Å². The van der Waals surface area contributed by atoms with Crippen LogP contribution in [-0.2, 0) is 23.8 Å². The second-order valence-electron chi connectivity index (χ2n) is 9.19. The molecule has 27 heavy (non-hydrogen) atoms. The Morgan fingerprint density at radius 1 is 1.37 bits per heavy atom. The predicted molar refractivity (Wildman–Crippen MR) is 111 cm³/mol. The monoisotopic (exact) mass is 606 g/mol. The van der Waals surface area contributed by atoms with Crippen LogP contribution in [0.5, 0.6) is 0 Å². The van der Waals surface area contributed by atoms with E-state index in [1.54, 1.807) is 0 Å². The van der Waals surface area contributed by atoms with Crippen LogP contribution in [0.15, 0.2) is 0 Å². The first kappa shape index (κ1) is 19.2. The van der Waals surface area contributed by atoms with Crippen molar-refractivity contribution in [2.75, 3.05) is 0 Å². The number of aliphatic hydroxyl groups excluding tert-OH is 1. The first-order valence-electron chi connectivity index (χ1n) is 9.18. The summed E-state index contributed by atoms with van der Waals surface area (Å²) >= 11 is 0.857. The van der Waals surface area contributed by atoms with Crippen LogP contribution in [0, 0.1) is 23.7 Å². The van der Waals surface area contributed by atoms with Gasteiger partial charge in [-0.15, -0.1) is 0 Å². The molecule has 10 heteroatoms. The number of alkyl halides is 2. The molecule has 2 aliphatic carbocycles. The fraction of sp³-hybridized carbons (Fsp3) is 0.882. The number of carbonyl (C=O) groups excluding carboxylic acids is 2. The Bertz CT molecular complexity index is 719. The van der Waals surface area contributed by atoms with E-state index in [4.69, 9.17) is 14.2 Å². The minimum absolute atomic E-state index is 0.0106. The Morgan fingerprint density at radius 2 is 2.00 bits per heavy atom. The van der Waals surface area contributed by atoms with Gasteiger partial charge >= 0.3 is 180 Å². The first-order chi connectivity index (χ1) is 12.5. The Hall–Kier alpha value is 0.240. The third kappa shape index (κ3) is 2.65. The summed E-state index contributed by atoms with van der Waals surface area (Å²) < 4.78 is 23.1. The van der Waals surface area contributed by atoms with E-state index in [0.29, 0.717) is 6.42 Å². The molecule has 0 aromatic rings. The Labute approximate surface area is 179 Å². The van der Waals surface area contributed by atoms with E-state index >= 15 is 0 Å². The molecule has 152 valence electrons. The van der Waals surface area contributed by atoms with Gasteiger partial charge in [-0.05, 0) is 0 Å². The topological polar surface area (TPSA) is 126 Å². The van der Waals surface area contributed by atoms with Crippen LogP contribution < -0.4 is 7.06 Å². The number of rotatable bonds is 5. The van der Waals surface area contributed by atoms with Crippen molar-refractivity contribution in [3.8, 4) is 0 Å². The van der Waals surface area contributed by atoms with Gasteiger partial charge in [0.25, 0.3) is 0 Å².